The molecule has 0 amide bonds. The summed E-state index contributed by atoms with van der Waals surface area (Å²) in [5.74, 6) is 0.722. The largest absolute Gasteiger partial charge is 0.488 e. The van der Waals surface area contributed by atoms with Crippen molar-refractivity contribution in [3.63, 3.8) is 0 Å². The van der Waals surface area contributed by atoms with Gasteiger partial charge in [0.05, 0.1) is 16.7 Å². The summed E-state index contributed by atoms with van der Waals surface area (Å²) in [5.41, 5.74) is 15.3. The molecular formula is C23H22BrN3O. The molecule has 5 heteroatoms. The standard InChI is InChI=1S/C23H22BrN3O/c24-18-8-5-16(6-9-18)14-23(26)12-11-20(13-22(23)25)28-15-19-10-7-17-3-1-2-4-21(17)27-19/h1-13,22H,14-15,25-26H2. The van der Waals surface area contributed by atoms with E-state index in [-0.39, 0.29) is 6.04 Å². The molecular weight excluding hydrogens is 414 g/mol. The van der Waals surface area contributed by atoms with Crippen molar-refractivity contribution in [2.45, 2.75) is 24.6 Å². The number of allylic oxidation sites excluding steroid dienone is 1. The summed E-state index contributed by atoms with van der Waals surface area (Å²) in [6, 6.07) is 19.9. The highest BCUT2D eigenvalue weighted by Crippen LogP contribution is 2.24. The summed E-state index contributed by atoms with van der Waals surface area (Å²) in [7, 11) is 0. The summed E-state index contributed by atoms with van der Waals surface area (Å²) in [5, 5.41) is 1.12. The fraction of sp³-hybridized carbons (Fsp3) is 0.174. The van der Waals surface area contributed by atoms with Crippen molar-refractivity contribution in [2.24, 2.45) is 11.5 Å². The Hall–Kier alpha value is -2.47. The van der Waals surface area contributed by atoms with E-state index in [9.17, 15) is 0 Å². The van der Waals surface area contributed by atoms with Crippen LogP contribution in [-0.4, -0.2) is 16.6 Å². The third kappa shape index (κ3) is 4.17. The lowest BCUT2D eigenvalue weighted by Crippen LogP contribution is -2.55. The Morgan fingerprint density at radius 3 is 2.61 bits per heavy atom. The van der Waals surface area contributed by atoms with Gasteiger partial charge in [0.25, 0.3) is 0 Å². The molecule has 28 heavy (non-hydrogen) atoms. The number of halogens is 1. The van der Waals surface area contributed by atoms with Crippen LogP contribution in [0.15, 0.2) is 89.1 Å². The number of benzene rings is 2. The lowest BCUT2D eigenvalue weighted by molar-refractivity contribution is 0.202. The van der Waals surface area contributed by atoms with Gasteiger partial charge in [-0.1, -0.05) is 58.4 Å². The maximum atomic E-state index is 6.57. The molecule has 2 aromatic carbocycles. The zero-order chi connectivity index (χ0) is 19.6. The van der Waals surface area contributed by atoms with E-state index in [0.29, 0.717) is 13.0 Å². The summed E-state index contributed by atoms with van der Waals surface area (Å²) in [6.07, 6.45) is 6.40. The Morgan fingerprint density at radius 1 is 1.04 bits per heavy atom. The van der Waals surface area contributed by atoms with Gasteiger partial charge in [-0.2, -0.15) is 0 Å². The van der Waals surface area contributed by atoms with Crippen LogP contribution in [0.25, 0.3) is 10.9 Å². The van der Waals surface area contributed by atoms with E-state index in [4.69, 9.17) is 16.2 Å². The number of rotatable bonds is 5. The van der Waals surface area contributed by atoms with E-state index in [1.165, 1.54) is 0 Å². The second-order valence-corrected chi connectivity index (χ2v) is 8.04. The van der Waals surface area contributed by atoms with Crippen molar-refractivity contribution in [2.75, 3.05) is 0 Å². The van der Waals surface area contributed by atoms with Crippen LogP contribution in [0.2, 0.25) is 0 Å². The molecule has 1 aliphatic rings. The van der Waals surface area contributed by atoms with E-state index < -0.39 is 5.54 Å². The summed E-state index contributed by atoms with van der Waals surface area (Å²) in [6.45, 7) is 0.387. The minimum absolute atomic E-state index is 0.333. The van der Waals surface area contributed by atoms with E-state index in [2.05, 4.69) is 39.1 Å². The molecule has 2 atom stereocenters. The highest BCUT2D eigenvalue weighted by molar-refractivity contribution is 9.10. The number of ether oxygens (including phenoxy) is 1. The lowest BCUT2D eigenvalue weighted by Gasteiger charge is -2.34. The van der Waals surface area contributed by atoms with E-state index in [1.807, 2.05) is 60.7 Å². The van der Waals surface area contributed by atoms with E-state index in [0.717, 1.165) is 32.4 Å². The fourth-order valence-electron chi connectivity index (χ4n) is 3.31. The Bertz CT molecular complexity index is 1050. The highest BCUT2D eigenvalue weighted by Gasteiger charge is 2.31. The van der Waals surface area contributed by atoms with Gasteiger partial charge in [-0.25, -0.2) is 4.98 Å². The normalized spacial score (nSPS) is 21.5. The highest BCUT2D eigenvalue weighted by atomic mass is 79.9. The minimum Gasteiger partial charge on any atom is -0.488 e. The molecule has 1 heterocycles. The Labute approximate surface area is 173 Å². The van der Waals surface area contributed by atoms with Gasteiger partial charge in [-0.3, -0.25) is 0 Å². The topological polar surface area (TPSA) is 74.2 Å². The zero-order valence-electron chi connectivity index (χ0n) is 15.4. The molecule has 4 rings (SSSR count). The molecule has 0 saturated carbocycles. The summed E-state index contributed by atoms with van der Waals surface area (Å²) in [4.78, 5) is 4.63. The Morgan fingerprint density at radius 2 is 1.82 bits per heavy atom. The van der Waals surface area contributed by atoms with Crippen molar-refractivity contribution >= 4 is 26.8 Å². The Kier molecular flexibility index (Phi) is 5.31. The van der Waals surface area contributed by atoms with Crippen molar-refractivity contribution in [3.05, 3.63) is 100 Å². The van der Waals surface area contributed by atoms with E-state index >= 15 is 0 Å². The Balaban J connectivity index is 1.42. The smallest absolute Gasteiger partial charge is 0.130 e. The molecule has 0 aliphatic heterocycles. The second kappa shape index (κ2) is 7.87. The van der Waals surface area contributed by atoms with Crippen LogP contribution in [0.3, 0.4) is 0 Å². The van der Waals surface area contributed by atoms with Gasteiger partial charge in [-0.05, 0) is 48.4 Å². The van der Waals surface area contributed by atoms with Crippen molar-refractivity contribution in [3.8, 4) is 0 Å². The predicted octanol–water partition coefficient (Wildman–Crippen LogP) is 4.24. The molecule has 3 aromatic rings. The third-order valence-electron chi connectivity index (χ3n) is 4.99. The summed E-state index contributed by atoms with van der Waals surface area (Å²) < 4.78 is 6.96. The number of hydrogen-bond donors (Lipinski definition) is 2. The van der Waals surface area contributed by atoms with Crippen LogP contribution in [0.1, 0.15) is 11.3 Å². The molecule has 142 valence electrons. The van der Waals surface area contributed by atoms with Crippen LogP contribution in [-0.2, 0) is 17.8 Å². The first-order chi connectivity index (χ1) is 13.5. The van der Waals surface area contributed by atoms with Crippen LogP contribution >= 0.6 is 15.9 Å². The molecule has 1 aliphatic carbocycles. The molecule has 0 saturated heterocycles. The second-order valence-electron chi connectivity index (χ2n) is 7.13. The van der Waals surface area contributed by atoms with Gasteiger partial charge in [0, 0.05) is 15.9 Å². The van der Waals surface area contributed by atoms with Gasteiger partial charge in [0.2, 0.25) is 0 Å². The average Bonchev–Trinajstić information content (AvgIpc) is 2.71. The van der Waals surface area contributed by atoms with Crippen LogP contribution in [0, 0.1) is 0 Å². The maximum Gasteiger partial charge on any atom is 0.130 e. The zero-order valence-corrected chi connectivity index (χ0v) is 17.0. The van der Waals surface area contributed by atoms with Crippen LogP contribution in [0.4, 0.5) is 0 Å². The van der Waals surface area contributed by atoms with Crippen LogP contribution in [0.5, 0.6) is 0 Å². The van der Waals surface area contributed by atoms with Gasteiger partial charge in [-0.15, -0.1) is 0 Å². The van der Waals surface area contributed by atoms with Crippen molar-refractivity contribution < 1.29 is 4.74 Å². The molecule has 4 nitrogen and oxygen atoms in total. The number of nitrogens with zero attached hydrogens (tertiary/aromatic N) is 1. The number of hydrogen-bond acceptors (Lipinski definition) is 4. The maximum absolute atomic E-state index is 6.57. The molecule has 4 N–H and O–H groups in total. The molecule has 1 aromatic heterocycles. The molecule has 0 bridgehead atoms. The van der Waals surface area contributed by atoms with Crippen LogP contribution < -0.4 is 11.5 Å². The van der Waals surface area contributed by atoms with Gasteiger partial charge in [0.15, 0.2) is 0 Å². The van der Waals surface area contributed by atoms with Gasteiger partial charge >= 0.3 is 0 Å². The lowest BCUT2D eigenvalue weighted by atomic mass is 9.82. The first kappa shape index (κ1) is 18.9. The molecule has 0 radical (unpaired) electrons. The van der Waals surface area contributed by atoms with Gasteiger partial charge in [0.1, 0.15) is 12.4 Å². The average molecular weight is 436 g/mol. The predicted molar refractivity (Wildman–Crippen MR) is 116 cm³/mol. The van der Waals surface area contributed by atoms with Crippen molar-refractivity contribution in [1.82, 2.24) is 4.98 Å². The number of aromatic nitrogens is 1. The van der Waals surface area contributed by atoms with Gasteiger partial charge < -0.3 is 16.2 Å². The number of nitrogens with two attached hydrogens (primary N) is 2. The molecule has 0 fully saturated rings. The quantitative estimate of drug-likeness (QED) is 0.628. The number of para-hydroxylation sites is 1. The first-order valence-corrected chi connectivity index (χ1v) is 9.99. The fourth-order valence-corrected chi connectivity index (χ4v) is 3.58. The molecule has 2 unspecified atom stereocenters. The summed E-state index contributed by atoms with van der Waals surface area (Å²) >= 11 is 3.45. The number of fused-ring (bicyclic) bond motifs is 1. The SMILES string of the molecule is NC1C=C(OCc2ccc3ccccc3n2)C=CC1(N)Cc1ccc(Br)cc1. The number of pyridine rings is 1. The molecule has 0 spiro atoms. The van der Waals surface area contributed by atoms with E-state index in [1.54, 1.807) is 0 Å². The third-order valence-corrected chi connectivity index (χ3v) is 5.52. The first-order valence-electron chi connectivity index (χ1n) is 9.19. The minimum atomic E-state index is -0.637. The monoisotopic (exact) mass is 435 g/mol. The van der Waals surface area contributed by atoms with Crippen molar-refractivity contribution in [1.29, 1.82) is 0 Å².